The van der Waals surface area contributed by atoms with Crippen LogP contribution < -0.4 is 20.5 Å². The van der Waals surface area contributed by atoms with Crippen LogP contribution in [0, 0.1) is 18.3 Å². The van der Waals surface area contributed by atoms with Gasteiger partial charge in [0, 0.05) is 36.1 Å². The lowest BCUT2D eigenvalue weighted by Crippen LogP contribution is -2.43. The summed E-state index contributed by atoms with van der Waals surface area (Å²) in [6.07, 6.45) is 10.0. The van der Waals surface area contributed by atoms with E-state index in [1.54, 1.807) is 12.3 Å². The molecule has 1 aliphatic carbocycles. The summed E-state index contributed by atoms with van der Waals surface area (Å²) >= 11 is 0. The zero-order valence-electron chi connectivity index (χ0n) is 34.9. The Labute approximate surface area is 336 Å². The molecule has 0 unspecified atom stereocenters. The number of carbonyl (C=O) groups is 1. The third kappa shape index (κ3) is 12.1. The average molecular weight is 761 g/mol. The number of benzene rings is 3. The number of amides is 1. The van der Waals surface area contributed by atoms with Gasteiger partial charge in [0.05, 0.1) is 11.1 Å². The van der Waals surface area contributed by atoms with Crippen molar-refractivity contribution in [2.24, 2.45) is 5.73 Å². The molecule has 3 heterocycles. The number of nitrogens with one attached hydrogen (secondary N) is 1. The fourth-order valence-corrected chi connectivity index (χ4v) is 7.36. The van der Waals surface area contributed by atoms with E-state index in [1.807, 2.05) is 39.8 Å². The first-order valence-corrected chi connectivity index (χ1v) is 20.6. The van der Waals surface area contributed by atoms with Crippen molar-refractivity contribution >= 4 is 5.91 Å². The number of hydrogen-bond donors (Lipinski definition) is 2. The van der Waals surface area contributed by atoms with Gasteiger partial charge in [-0.15, -0.1) is 0 Å². The summed E-state index contributed by atoms with van der Waals surface area (Å²) in [5.74, 6) is 1.18. The lowest BCUT2D eigenvalue weighted by molar-refractivity contribution is 0.0911. The van der Waals surface area contributed by atoms with Crippen LogP contribution in [0.4, 0.5) is 0 Å². The number of rotatable bonds is 9. The first-order chi connectivity index (χ1) is 27.3. The number of pyridine rings is 1. The van der Waals surface area contributed by atoms with Crippen molar-refractivity contribution in [3.05, 3.63) is 112 Å². The predicted molar refractivity (Wildman–Crippen MR) is 228 cm³/mol. The molecule has 2 fully saturated rings. The van der Waals surface area contributed by atoms with Crippen LogP contribution in [0.5, 0.6) is 11.5 Å². The van der Waals surface area contributed by atoms with Gasteiger partial charge in [-0.1, -0.05) is 76.2 Å². The summed E-state index contributed by atoms with van der Waals surface area (Å²) in [4.78, 5) is 22.7. The van der Waals surface area contributed by atoms with Crippen molar-refractivity contribution in [1.29, 1.82) is 5.26 Å². The van der Waals surface area contributed by atoms with Crippen LogP contribution in [-0.2, 0) is 26.1 Å². The summed E-state index contributed by atoms with van der Waals surface area (Å²) < 4.78 is 12.9. The molecule has 1 amide bonds. The maximum atomic E-state index is 13.9. The first-order valence-electron chi connectivity index (χ1n) is 20.6. The Morgan fingerprint density at radius 3 is 2.14 bits per heavy atom. The lowest BCUT2D eigenvalue weighted by atomic mass is 9.96. The smallest absolute Gasteiger partial charge is 0.255 e. The summed E-state index contributed by atoms with van der Waals surface area (Å²) in [6, 6.07) is 23.1. The number of fused-ring (bicyclic) bond motifs is 1. The number of ether oxygens (including phenoxy) is 2. The van der Waals surface area contributed by atoms with E-state index in [9.17, 15) is 10.1 Å². The van der Waals surface area contributed by atoms with Gasteiger partial charge in [0.2, 0.25) is 0 Å². The van der Waals surface area contributed by atoms with Gasteiger partial charge >= 0.3 is 0 Å². The number of nitriles is 1. The fraction of sp³-hybridized carbons (Fsp3) is 0.468. The van der Waals surface area contributed by atoms with E-state index in [0.717, 1.165) is 73.2 Å². The molecule has 2 saturated heterocycles. The molecular weight excluding hydrogens is 697 g/mol. The number of nitrogens with zero attached hydrogens (tertiary/aromatic N) is 4. The summed E-state index contributed by atoms with van der Waals surface area (Å²) in [7, 11) is 4.26. The van der Waals surface area contributed by atoms with Crippen LogP contribution in [-0.4, -0.2) is 73.0 Å². The van der Waals surface area contributed by atoms with Crippen LogP contribution in [0.15, 0.2) is 73.1 Å². The van der Waals surface area contributed by atoms with Crippen LogP contribution in [0.25, 0.3) is 11.1 Å². The highest BCUT2D eigenvalue weighted by Crippen LogP contribution is 2.40. The normalized spacial score (nSPS) is 15.7. The Balaban J connectivity index is 0.000000506. The van der Waals surface area contributed by atoms with Crippen molar-refractivity contribution in [2.75, 3.05) is 40.3 Å². The number of hydrogen-bond acceptors (Lipinski definition) is 8. The number of likely N-dealkylation sites (tertiary alicyclic amines) is 2. The highest BCUT2D eigenvalue weighted by atomic mass is 16.5. The summed E-state index contributed by atoms with van der Waals surface area (Å²) in [6.45, 7) is 15.0. The van der Waals surface area contributed by atoms with Gasteiger partial charge in [-0.2, -0.15) is 5.26 Å². The Kier molecular flexibility index (Phi) is 17.8. The van der Waals surface area contributed by atoms with Gasteiger partial charge in [-0.05, 0) is 132 Å². The van der Waals surface area contributed by atoms with E-state index in [0.29, 0.717) is 29.5 Å². The molecule has 0 saturated carbocycles. The van der Waals surface area contributed by atoms with Gasteiger partial charge < -0.3 is 30.3 Å². The predicted octanol–water partition coefficient (Wildman–Crippen LogP) is 8.49. The molecule has 1 aromatic heterocycles. The zero-order valence-corrected chi connectivity index (χ0v) is 34.9. The molecule has 9 nitrogen and oxygen atoms in total. The molecule has 0 spiro atoms. The van der Waals surface area contributed by atoms with E-state index in [2.05, 4.69) is 89.7 Å². The Hall–Kier alpha value is -4.75. The number of carbonyl (C=O) groups excluding carboxylic acids is 1. The Bertz CT molecular complexity index is 1850. The van der Waals surface area contributed by atoms with Gasteiger partial charge in [0.1, 0.15) is 30.8 Å². The zero-order chi connectivity index (χ0) is 40.5. The quantitative estimate of drug-likeness (QED) is 0.175. The van der Waals surface area contributed by atoms with E-state index in [4.69, 9.17) is 15.2 Å². The molecule has 3 N–H and O–H groups in total. The third-order valence-electron chi connectivity index (χ3n) is 10.6. The van der Waals surface area contributed by atoms with Gasteiger partial charge in [-0.25, -0.2) is 0 Å². The minimum absolute atomic E-state index is 0.0884. The van der Waals surface area contributed by atoms with Gasteiger partial charge in [0.25, 0.3) is 5.91 Å². The molecule has 3 aliphatic rings. The maximum absolute atomic E-state index is 13.9. The topological polar surface area (TPSA) is 117 Å². The molecule has 300 valence electrons. The second-order valence-electron chi connectivity index (χ2n) is 14.5. The molecule has 2 aliphatic heterocycles. The molecule has 0 bridgehead atoms. The summed E-state index contributed by atoms with van der Waals surface area (Å²) in [5, 5.41) is 12.6. The molecule has 7 rings (SSSR count). The molecule has 3 aromatic carbocycles. The van der Waals surface area contributed by atoms with Crippen LogP contribution in [0.1, 0.15) is 104 Å². The van der Waals surface area contributed by atoms with Crippen molar-refractivity contribution in [1.82, 2.24) is 20.1 Å². The maximum Gasteiger partial charge on any atom is 0.255 e. The average Bonchev–Trinajstić information content (AvgIpc) is 3.73. The van der Waals surface area contributed by atoms with Crippen molar-refractivity contribution in [3.63, 3.8) is 0 Å². The SMILES string of the molecule is CC.CC.CN1CCC(N)CC1.Cc1c(COc2cc(OCc3cncc(C#N)c3)c(C(=O)NC3CCN(C)CC3)c3c2CCC3)cccc1-c1ccccc1. The summed E-state index contributed by atoms with van der Waals surface area (Å²) in [5.41, 5.74) is 14.3. The highest BCUT2D eigenvalue weighted by Gasteiger charge is 2.30. The van der Waals surface area contributed by atoms with Crippen LogP contribution >= 0.6 is 0 Å². The minimum atomic E-state index is -0.0884. The van der Waals surface area contributed by atoms with Crippen LogP contribution in [0.3, 0.4) is 0 Å². The lowest BCUT2D eigenvalue weighted by Gasteiger charge is -2.30. The number of aromatic nitrogens is 1. The molecule has 0 atom stereocenters. The second-order valence-corrected chi connectivity index (χ2v) is 14.5. The second kappa shape index (κ2) is 22.7. The largest absolute Gasteiger partial charge is 0.488 e. The Morgan fingerprint density at radius 2 is 1.48 bits per heavy atom. The third-order valence-corrected chi connectivity index (χ3v) is 10.6. The monoisotopic (exact) mass is 761 g/mol. The van der Waals surface area contributed by atoms with Gasteiger partial charge in [0.15, 0.2) is 0 Å². The molecule has 4 aromatic rings. The van der Waals surface area contributed by atoms with E-state index in [-0.39, 0.29) is 18.6 Å². The van der Waals surface area contributed by atoms with E-state index in [1.165, 1.54) is 48.8 Å². The minimum Gasteiger partial charge on any atom is -0.488 e. The molecular formula is C47H64N6O3. The molecule has 9 heteroatoms. The molecule has 0 radical (unpaired) electrons. The standard InChI is InChI=1S/C37H38N4O3.C6H14N2.2C2H6/c1-25-29(10-6-11-31(25)28-8-4-3-5-9-28)24-44-34-19-35(43-23-27-18-26(20-38)21-39-22-27)36(33-13-7-12-32(33)34)37(42)40-30-14-16-41(2)17-15-30;1-8-4-2-6(7)3-5-8;2*1-2/h3-6,8-11,18-19,21-22,30H,7,12-17,23-24H2,1-2H3,(H,40,42);6H,2-5,7H2,1H3;2*1-2H3. The Morgan fingerprint density at radius 1 is 0.839 bits per heavy atom. The van der Waals surface area contributed by atoms with Crippen molar-refractivity contribution < 1.29 is 14.3 Å². The van der Waals surface area contributed by atoms with Crippen molar-refractivity contribution in [2.45, 2.75) is 105 Å². The van der Waals surface area contributed by atoms with E-state index >= 15 is 0 Å². The highest BCUT2D eigenvalue weighted by molar-refractivity contribution is 5.99. The van der Waals surface area contributed by atoms with E-state index < -0.39 is 0 Å². The molecule has 56 heavy (non-hydrogen) atoms. The number of piperidine rings is 2. The fourth-order valence-electron chi connectivity index (χ4n) is 7.36. The first kappa shape index (κ1) is 44.0. The van der Waals surface area contributed by atoms with Gasteiger partial charge in [-0.3, -0.25) is 9.78 Å². The number of nitrogens with two attached hydrogens (primary N) is 1. The van der Waals surface area contributed by atoms with Crippen molar-refractivity contribution in [3.8, 4) is 28.7 Å². The van der Waals surface area contributed by atoms with Crippen LogP contribution in [0.2, 0.25) is 0 Å².